The average Bonchev–Trinajstić information content (AvgIpc) is 2.90. The predicted molar refractivity (Wildman–Crippen MR) is 87.0 cm³/mol. The number of nitrogens with one attached hydrogen (secondary N) is 2. The van der Waals surface area contributed by atoms with Crippen molar-refractivity contribution in [2.75, 3.05) is 12.4 Å². The second kappa shape index (κ2) is 7.64. The number of ether oxygens (including phenoxy) is 1. The van der Waals surface area contributed by atoms with Crippen molar-refractivity contribution in [1.82, 2.24) is 15.6 Å². The van der Waals surface area contributed by atoms with Gasteiger partial charge < -0.3 is 15.4 Å². The molecule has 1 unspecified atom stereocenters. The van der Waals surface area contributed by atoms with Crippen LogP contribution < -0.4 is 10.6 Å². The van der Waals surface area contributed by atoms with Crippen molar-refractivity contribution < 1.29 is 14.3 Å². The van der Waals surface area contributed by atoms with E-state index in [0.29, 0.717) is 30.1 Å². The molecule has 0 bridgehead atoms. The summed E-state index contributed by atoms with van der Waals surface area (Å²) >= 11 is 3.05. The number of hydrogen-bond donors (Lipinski definition) is 2. The third-order valence-electron chi connectivity index (χ3n) is 3.08. The third-order valence-corrected chi connectivity index (χ3v) is 5.25. The zero-order valence-corrected chi connectivity index (χ0v) is 14.4. The van der Waals surface area contributed by atoms with Crippen LogP contribution in [0.3, 0.4) is 0 Å². The van der Waals surface area contributed by atoms with Crippen molar-refractivity contribution in [3.8, 4) is 0 Å². The van der Waals surface area contributed by atoms with Crippen LogP contribution in [0.5, 0.6) is 0 Å². The van der Waals surface area contributed by atoms with Gasteiger partial charge >= 0.3 is 12.0 Å². The van der Waals surface area contributed by atoms with Gasteiger partial charge in [0.05, 0.1) is 18.2 Å². The van der Waals surface area contributed by atoms with Crippen LogP contribution in [0.15, 0.2) is 21.0 Å². The monoisotopic (exact) mass is 341 g/mol. The molecule has 6 nitrogen and oxygen atoms in total. The van der Waals surface area contributed by atoms with Gasteiger partial charge in [0.1, 0.15) is 4.34 Å². The summed E-state index contributed by atoms with van der Waals surface area (Å²) in [5, 5.41) is 7.46. The number of thiazole rings is 1. The number of esters is 1. The van der Waals surface area contributed by atoms with Crippen LogP contribution in [0.1, 0.15) is 26.0 Å². The highest BCUT2D eigenvalue weighted by Crippen LogP contribution is 2.27. The van der Waals surface area contributed by atoms with Crippen molar-refractivity contribution >= 4 is 35.1 Å². The summed E-state index contributed by atoms with van der Waals surface area (Å²) in [7, 11) is 0. The van der Waals surface area contributed by atoms with Gasteiger partial charge in [0, 0.05) is 22.5 Å². The van der Waals surface area contributed by atoms with E-state index in [9.17, 15) is 9.59 Å². The fourth-order valence-electron chi connectivity index (χ4n) is 2.11. The molecule has 1 aliphatic rings. The summed E-state index contributed by atoms with van der Waals surface area (Å²) in [4.78, 5) is 28.3. The lowest BCUT2D eigenvalue weighted by atomic mass is 10.0. The second-order valence-corrected chi connectivity index (χ2v) is 6.80. The van der Waals surface area contributed by atoms with E-state index < -0.39 is 0 Å². The molecule has 0 aliphatic carbocycles. The highest BCUT2D eigenvalue weighted by Gasteiger charge is 2.31. The molecule has 2 N–H and O–H groups in total. The molecule has 8 heteroatoms. The number of thioether (sulfide) groups is 1. The van der Waals surface area contributed by atoms with E-state index in [0.717, 1.165) is 10.0 Å². The van der Waals surface area contributed by atoms with E-state index in [1.165, 1.54) is 11.8 Å². The molecule has 120 valence electrons. The van der Waals surface area contributed by atoms with Crippen LogP contribution in [0.2, 0.25) is 0 Å². The normalized spacial score (nSPS) is 18.0. The summed E-state index contributed by atoms with van der Waals surface area (Å²) in [6.07, 6.45) is 0.631. The lowest BCUT2D eigenvalue weighted by Gasteiger charge is -2.28. The van der Waals surface area contributed by atoms with Gasteiger partial charge in [-0.15, -0.1) is 11.3 Å². The lowest BCUT2D eigenvalue weighted by molar-refractivity contribution is -0.139. The smallest absolute Gasteiger partial charge is 0.337 e. The van der Waals surface area contributed by atoms with Gasteiger partial charge in [-0.25, -0.2) is 14.6 Å². The van der Waals surface area contributed by atoms with E-state index in [1.54, 1.807) is 18.3 Å². The third kappa shape index (κ3) is 4.01. The van der Waals surface area contributed by atoms with Gasteiger partial charge in [0.2, 0.25) is 0 Å². The van der Waals surface area contributed by atoms with Crippen LogP contribution in [0.4, 0.5) is 4.79 Å². The Bertz CT molecular complexity index is 598. The molecule has 1 aliphatic heterocycles. The maximum Gasteiger partial charge on any atom is 0.337 e. The van der Waals surface area contributed by atoms with Crippen molar-refractivity contribution in [1.29, 1.82) is 0 Å². The molecule has 2 amide bonds. The Morgan fingerprint density at radius 2 is 2.27 bits per heavy atom. The maximum absolute atomic E-state index is 12.2. The molecule has 1 aromatic rings. The summed E-state index contributed by atoms with van der Waals surface area (Å²) in [5.41, 5.74) is 2.07. The molecule has 1 atom stereocenters. The number of hydrogen-bond acceptors (Lipinski definition) is 6. The predicted octanol–water partition coefficient (Wildman–Crippen LogP) is 2.45. The molecule has 22 heavy (non-hydrogen) atoms. The highest BCUT2D eigenvalue weighted by atomic mass is 32.2. The standard InChI is InChI=1S/C14H19N3O3S2/c1-4-9-11(12(18)20-5-2)10(17-13(19)16-9)7-22-14-15-8(3)6-21-14/h6,9H,4-5,7H2,1-3H3,(H2,16,17,19). The molecular weight excluding hydrogens is 322 g/mol. The molecule has 0 aromatic carbocycles. The highest BCUT2D eigenvalue weighted by molar-refractivity contribution is 8.01. The first-order chi connectivity index (χ1) is 10.5. The second-order valence-electron chi connectivity index (χ2n) is 4.72. The minimum atomic E-state index is -0.382. The number of nitrogens with zero attached hydrogens (tertiary/aromatic N) is 1. The maximum atomic E-state index is 12.2. The number of amides is 2. The topological polar surface area (TPSA) is 80.3 Å². The minimum absolute atomic E-state index is 0.286. The Morgan fingerprint density at radius 1 is 1.50 bits per heavy atom. The Labute approximate surface area is 137 Å². The molecule has 0 radical (unpaired) electrons. The number of rotatable bonds is 6. The number of carbonyl (C=O) groups is 2. The van der Waals surface area contributed by atoms with E-state index in [2.05, 4.69) is 15.6 Å². The van der Waals surface area contributed by atoms with Crippen molar-refractivity contribution in [2.24, 2.45) is 0 Å². The van der Waals surface area contributed by atoms with Gasteiger partial charge in [0.15, 0.2) is 0 Å². The zero-order chi connectivity index (χ0) is 16.1. The molecular formula is C14H19N3O3S2. The van der Waals surface area contributed by atoms with E-state index in [4.69, 9.17) is 4.74 Å². The molecule has 0 saturated carbocycles. The largest absolute Gasteiger partial charge is 0.463 e. The Balaban J connectivity index is 2.22. The van der Waals surface area contributed by atoms with Crippen molar-refractivity contribution in [3.05, 3.63) is 22.3 Å². The van der Waals surface area contributed by atoms with Gasteiger partial charge in [-0.1, -0.05) is 18.7 Å². The SMILES string of the molecule is CCOC(=O)C1=C(CSc2nc(C)cs2)NC(=O)NC1CC. The van der Waals surface area contributed by atoms with Crippen molar-refractivity contribution in [2.45, 2.75) is 37.6 Å². The first-order valence-corrected chi connectivity index (χ1v) is 8.94. The van der Waals surface area contributed by atoms with Crippen LogP contribution in [-0.4, -0.2) is 35.4 Å². The summed E-state index contributed by atoms with van der Waals surface area (Å²) in [6.45, 7) is 5.92. The van der Waals surface area contributed by atoms with Crippen LogP contribution >= 0.6 is 23.1 Å². The van der Waals surface area contributed by atoms with Gasteiger partial charge in [-0.2, -0.15) is 0 Å². The van der Waals surface area contributed by atoms with Crippen LogP contribution in [0.25, 0.3) is 0 Å². The first-order valence-electron chi connectivity index (χ1n) is 7.07. The van der Waals surface area contributed by atoms with E-state index >= 15 is 0 Å². The van der Waals surface area contributed by atoms with Gasteiger partial charge in [-0.3, -0.25) is 0 Å². The van der Waals surface area contributed by atoms with Gasteiger partial charge in [-0.05, 0) is 20.3 Å². The molecule has 0 saturated heterocycles. The molecule has 0 fully saturated rings. The lowest BCUT2D eigenvalue weighted by Crippen LogP contribution is -2.50. The fraction of sp³-hybridized carbons (Fsp3) is 0.500. The molecule has 2 rings (SSSR count). The number of aryl methyl sites for hydroxylation is 1. The summed E-state index contributed by atoms with van der Waals surface area (Å²) in [6, 6.07) is -0.604. The van der Waals surface area contributed by atoms with E-state index in [1.807, 2.05) is 19.2 Å². The summed E-state index contributed by atoms with van der Waals surface area (Å²) in [5.74, 6) is 0.0955. The van der Waals surface area contributed by atoms with Crippen LogP contribution in [-0.2, 0) is 9.53 Å². The first kappa shape index (κ1) is 16.8. The Hall–Kier alpha value is -1.54. The van der Waals surface area contributed by atoms with Gasteiger partial charge in [0.25, 0.3) is 0 Å². The van der Waals surface area contributed by atoms with Crippen LogP contribution in [0, 0.1) is 6.92 Å². The zero-order valence-electron chi connectivity index (χ0n) is 12.8. The van der Waals surface area contributed by atoms with Crippen molar-refractivity contribution in [3.63, 3.8) is 0 Å². The minimum Gasteiger partial charge on any atom is -0.463 e. The van der Waals surface area contributed by atoms with E-state index in [-0.39, 0.29) is 18.0 Å². The summed E-state index contributed by atoms with van der Waals surface area (Å²) < 4.78 is 6.04. The Morgan fingerprint density at radius 3 is 2.86 bits per heavy atom. The number of carbonyl (C=O) groups excluding carboxylic acids is 2. The molecule has 1 aromatic heterocycles. The molecule has 0 spiro atoms. The quantitative estimate of drug-likeness (QED) is 0.614. The number of aromatic nitrogens is 1. The number of urea groups is 1. The fourth-order valence-corrected chi connectivity index (χ4v) is 3.93. The Kier molecular flexibility index (Phi) is 5.84. The molecule has 2 heterocycles. The average molecular weight is 341 g/mol.